The Morgan fingerprint density at radius 1 is 1.00 bits per heavy atom. The van der Waals surface area contributed by atoms with Crippen molar-refractivity contribution in [1.82, 2.24) is 14.2 Å². The smallest absolute Gasteiger partial charge is 0.243 e. The van der Waals surface area contributed by atoms with Crippen LogP contribution in [0.2, 0.25) is 0 Å². The summed E-state index contributed by atoms with van der Waals surface area (Å²) >= 11 is 0. The first-order valence-corrected chi connectivity index (χ1v) is 11.0. The minimum atomic E-state index is -3.47. The number of ether oxygens (including phenoxy) is 1. The molecular weight excluding hydrogens is 374 g/mol. The maximum Gasteiger partial charge on any atom is 0.243 e. The van der Waals surface area contributed by atoms with Gasteiger partial charge in [0.25, 0.3) is 0 Å². The Bertz CT molecular complexity index is 1040. The zero-order valence-electron chi connectivity index (χ0n) is 16.0. The number of hydrogen-bond donors (Lipinski definition) is 1. The fourth-order valence-electron chi connectivity index (χ4n) is 3.65. The van der Waals surface area contributed by atoms with Crippen molar-refractivity contribution in [2.24, 2.45) is 0 Å². The molecule has 7 heteroatoms. The number of rotatable bonds is 6. The summed E-state index contributed by atoms with van der Waals surface area (Å²) in [5, 5.41) is 1.23. The van der Waals surface area contributed by atoms with Crippen LogP contribution in [-0.2, 0) is 16.6 Å². The Hall–Kier alpha value is -2.35. The lowest BCUT2D eigenvalue weighted by Crippen LogP contribution is -2.48. The molecule has 0 saturated carbocycles. The van der Waals surface area contributed by atoms with E-state index in [0.717, 1.165) is 25.2 Å². The van der Waals surface area contributed by atoms with Gasteiger partial charge in [-0.2, -0.15) is 4.31 Å². The van der Waals surface area contributed by atoms with Crippen molar-refractivity contribution in [2.75, 3.05) is 32.8 Å². The van der Waals surface area contributed by atoms with Crippen LogP contribution < -0.4 is 4.74 Å². The maximum absolute atomic E-state index is 12.9. The van der Waals surface area contributed by atoms with Crippen molar-refractivity contribution in [2.45, 2.75) is 18.4 Å². The molecule has 0 unspecified atom stereocenters. The number of piperazine rings is 1. The van der Waals surface area contributed by atoms with E-state index in [1.165, 1.54) is 10.9 Å². The van der Waals surface area contributed by atoms with Gasteiger partial charge in [-0.1, -0.05) is 18.2 Å². The molecule has 0 radical (unpaired) electrons. The number of fused-ring (bicyclic) bond motifs is 1. The first-order valence-electron chi connectivity index (χ1n) is 9.58. The lowest BCUT2D eigenvalue weighted by molar-refractivity contribution is 0.182. The van der Waals surface area contributed by atoms with Gasteiger partial charge in [-0.15, -0.1) is 0 Å². The van der Waals surface area contributed by atoms with Crippen LogP contribution in [0.15, 0.2) is 59.6 Å². The average molecular weight is 400 g/mol. The van der Waals surface area contributed by atoms with E-state index in [9.17, 15) is 8.42 Å². The van der Waals surface area contributed by atoms with Crippen molar-refractivity contribution in [3.05, 3.63) is 60.3 Å². The van der Waals surface area contributed by atoms with E-state index in [1.807, 2.05) is 25.3 Å². The van der Waals surface area contributed by atoms with Gasteiger partial charge in [0.2, 0.25) is 10.0 Å². The molecule has 1 N–H and O–H groups in total. The second kappa shape index (κ2) is 7.95. The van der Waals surface area contributed by atoms with Gasteiger partial charge in [-0.05, 0) is 42.8 Å². The number of nitrogens with zero attached hydrogens (tertiary/aromatic N) is 2. The van der Waals surface area contributed by atoms with Crippen LogP contribution in [0.4, 0.5) is 0 Å². The Morgan fingerprint density at radius 3 is 2.43 bits per heavy atom. The summed E-state index contributed by atoms with van der Waals surface area (Å²) in [5.41, 5.74) is 2.38. The molecule has 0 spiro atoms. The molecule has 0 bridgehead atoms. The summed E-state index contributed by atoms with van der Waals surface area (Å²) in [4.78, 5) is 5.93. The van der Waals surface area contributed by atoms with Crippen LogP contribution in [0.3, 0.4) is 0 Å². The molecule has 148 valence electrons. The number of sulfonamides is 1. The quantitative estimate of drug-likeness (QED) is 0.692. The second-order valence-corrected chi connectivity index (χ2v) is 8.88. The number of benzene rings is 2. The highest BCUT2D eigenvalue weighted by molar-refractivity contribution is 7.89. The van der Waals surface area contributed by atoms with Gasteiger partial charge in [-0.25, -0.2) is 8.42 Å². The van der Waals surface area contributed by atoms with Crippen LogP contribution in [0.25, 0.3) is 10.9 Å². The Kier molecular flexibility index (Phi) is 5.39. The summed E-state index contributed by atoms with van der Waals surface area (Å²) in [6, 6.07) is 14.9. The zero-order valence-corrected chi connectivity index (χ0v) is 16.8. The number of nitrogens with one attached hydrogen (secondary N) is 1. The molecule has 1 aromatic heterocycles. The van der Waals surface area contributed by atoms with Gasteiger partial charge in [-0.3, -0.25) is 4.90 Å². The summed E-state index contributed by atoms with van der Waals surface area (Å²) in [6.07, 6.45) is 2.05. The van der Waals surface area contributed by atoms with E-state index in [0.29, 0.717) is 30.3 Å². The standard InChI is InChI=1S/C21H25N3O3S/c1-2-27-18-7-9-19(10-8-18)28(25,26)24-13-11-23(12-14-24)16-17-15-22-21-6-4-3-5-20(17)21/h3-10,15,22H,2,11-14,16H2,1H3. The number of aromatic amines is 1. The van der Waals surface area contributed by atoms with E-state index in [2.05, 4.69) is 22.0 Å². The Morgan fingerprint density at radius 2 is 1.71 bits per heavy atom. The van der Waals surface area contributed by atoms with Crippen LogP contribution in [0.1, 0.15) is 12.5 Å². The third-order valence-electron chi connectivity index (χ3n) is 5.17. The highest BCUT2D eigenvalue weighted by atomic mass is 32.2. The molecule has 28 heavy (non-hydrogen) atoms. The van der Waals surface area contributed by atoms with Gasteiger partial charge in [0, 0.05) is 49.8 Å². The van der Waals surface area contributed by atoms with Crippen molar-refractivity contribution in [3.8, 4) is 5.75 Å². The number of hydrogen-bond acceptors (Lipinski definition) is 4. The highest BCUT2D eigenvalue weighted by Gasteiger charge is 2.28. The highest BCUT2D eigenvalue weighted by Crippen LogP contribution is 2.23. The summed E-state index contributed by atoms with van der Waals surface area (Å²) in [7, 11) is -3.47. The van der Waals surface area contributed by atoms with Crippen LogP contribution >= 0.6 is 0 Å². The van der Waals surface area contributed by atoms with Gasteiger partial charge in [0.1, 0.15) is 5.75 Å². The number of para-hydroxylation sites is 1. The molecule has 1 fully saturated rings. The van der Waals surface area contributed by atoms with E-state index >= 15 is 0 Å². The fourth-order valence-corrected chi connectivity index (χ4v) is 5.08. The third-order valence-corrected chi connectivity index (χ3v) is 7.09. The molecule has 1 saturated heterocycles. The van der Waals surface area contributed by atoms with Gasteiger partial charge < -0.3 is 9.72 Å². The molecule has 1 aliphatic heterocycles. The second-order valence-electron chi connectivity index (χ2n) is 6.94. The molecule has 6 nitrogen and oxygen atoms in total. The van der Waals surface area contributed by atoms with Crippen LogP contribution in [-0.4, -0.2) is 55.4 Å². The van der Waals surface area contributed by atoms with Gasteiger partial charge in [0.15, 0.2) is 0 Å². The molecule has 2 aromatic carbocycles. The molecule has 0 aliphatic carbocycles. The monoisotopic (exact) mass is 399 g/mol. The summed E-state index contributed by atoms with van der Waals surface area (Å²) in [6.45, 7) is 5.72. The van der Waals surface area contributed by atoms with Crippen LogP contribution in [0, 0.1) is 0 Å². The van der Waals surface area contributed by atoms with Crippen molar-refractivity contribution < 1.29 is 13.2 Å². The molecular formula is C21H25N3O3S. The third kappa shape index (κ3) is 3.78. The lowest BCUT2D eigenvalue weighted by Gasteiger charge is -2.33. The molecule has 0 atom stereocenters. The lowest BCUT2D eigenvalue weighted by atomic mass is 10.1. The SMILES string of the molecule is CCOc1ccc(S(=O)(=O)N2CCN(Cc3c[nH]c4ccccc34)CC2)cc1. The average Bonchev–Trinajstić information content (AvgIpc) is 3.12. The first kappa shape index (κ1) is 19.0. The van der Waals surface area contributed by atoms with E-state index in [1.54, 1.807) is 28.6 Å². The van der Waals surface area contributed by atoms with Crippen molar-refractivity contribution in [3.63, 3.8) is 0 Å². The molecule has 4 rings (SSSR count). The van der Waals surface area contributed by atoms with E-state index in [-0.39, 0.29) is 0 Å². The zero-order chi connectivity index (χ0) is 19.6. The first-order chi connectivity index (χ1) is 13.6. The van der Waals surface area contributed by atoms with E-state index < -0.39 is 10.0 Å². The Balaban J connectivity index is 1.40. The summed E-state index contributed by atoms with van der Waals surface area (Å²) < 4.78 is 32.8. The predicted molar refractivity (Wildman–Crippen MR) is 110 cm³/mol. The largest absolute Gasteiger partial charge is 0.494 e. The van der Waals surface area contributed by atoms with Crippen LogP contribution in [0.5, 0.6) is 5.75 Å². The molecule has 0 amide bonds. The van der Waals surface area contributed by atoms with E-state index in [4.69, 9.17) is 4.74 Å². The minimum absolute atomic E-state index is 0.320. The topological polar surface area (TPSA) is 65.6 Å². The normalized spacial score (nSPS) is 16.5. The number of aromatic nitrogens is 1. The van der Waals surface area contributed by atoms with Crippen molar-refractivity contribution >= 4 is 20.9 Å². The predicted octanol–water partition coefficient (Wildman–Crippen LogP) is 3.07. The van der Waals surface area contributed by atoms with Crippen molar-refractivity contribution in [1.29, 1.82) is 0 Å². The van der Waals surface area contributed by atoms with Gasteiger partial charge in [0.05, 0.1) is 11.5 Å². The molecule has 1 aliphatic rings. The molecule has 3 aromatic rings. The molecule has 2 heterocycles. The fraction of sp³-hybridized carbons (Fsp3) is 0.333. The number of H-pyrrole nitrogens is 1. The Labute approximate surface area is 165 Å². The maximum atomic E-state index is 12.9. The minimum Gasteiger partial charge on any atom is -0.494 e. The van der Waals surface area contributed by atoms with Gasteiger partial charge >= 0.3 is 0 Å². The summed E-state index contributed by atoms with van der Waals surface area (Å²) in [5.74, 6) is 0.685.